The molecule has 0 aliphatic carbocycles. The number of hydrogen-bond donors (Lipinski definition) is 1. The second-order valence-corrected chi connectivity index (χ2v) is 4.14. The van der Waals surface area contributed by atoms with E-state index in [1.165, 1.54) is 12.1 Å². The molecule has 0 amide bonds. The van der Waals surface area contributed by atoms with E-state index in [-0.39, 0.29) is 5.82 Å². The average molecular weight is 281 g/mol. The third kappa shape index (κ3) is 3.03. The fraction of sp³-hybridized carbons (Fsp3) is 0.0833. The summed E-state index contributed by atoms with van der Waals surface area (Å²) in [5.41, 5.74) is 1.02. The van der Waals surface area contributed by atoms with Gasteiger partial charge in [0.05, 0.1) is 0 Å². The van der Waals surface area contributed by atoms with E-state index in [9.17, 15) is 4.39 Å². The lowest BCUT2D eigenvalue weighted by molar-refractivity contribution is 0.627. The van der Waals surface area contributed by atoms with Crippen molar-refractivity contribution in [2.75, 3.05) is 5.32 Å². The minimum absolute atomic E-state index is 0.218. The zero-order valence-corrected chi connectivity index (χ0v) is 10.0. The summed E-state index contributed by atoms with van der Waals surface area (Å²) in [6, 6.07) is 12.1. The summed E-state index contributed by atoms with van der Waals surface area (Å²) in [6.45, 7) is 0.629. The highest BCUT2D eigenvalue weighted by Crippen LogP contribution is 2.11. The third-order valence-electron chi connectivity index (χ3n) is 2.10. The van der Waals surface area contributed by atoms with E-state index < -0.39 is 0 Å². The largest absolute Gasteiger partial charge is 0.366 e. The van der Waals surface area contributed by atoms with Crippen LogP contribution in [-0.2, 0) is 6.54 Å². The quantitative estimate of drug-likeness (QED) is 0.869. The SMILES string of the molecule is Fc1ccc(CNc2cccc(Br)n2)cc1. The van der Waals surface area contributed by atoms with Crippen LogP contribution < -0.4 is 5.32 Å². The average Bonchev–Trinajstić information content (AvgIpc) is 2.28. The summed E-state index contributed by atoms with van der Waals surface area (Å²) in [7, 11) is 0. The van der Waals surface area contributed by atoms with Crippen molar-refractivity contribution in [1.82, 2.24) is 4.98 Å². The Morgan fingerprint density at radius 3 is 2.56 bits per heavy atom. The lowest BCUT2D eigenvalue weighted by Gasteiger charge is -2.05. The van der Waals surface area contributed by atoms with Crippen LogP contribution in [0.5, 0.6) is 0 Å². The van der Waals surface area contributed by atoms with Crippen molar-refractivity contribution < 1.29 is 4.39 Å². The molecule has 0 unspecified atom stereocenters. The van der Waals surface area contributed by atoms with E-state index in [2.05, 4.69) is 26.2 Å². The van der Waals surface area contributed by atoms with Gasteiger partial charge in [-0.2, -0.15) is 0 Å². The molecule has 0 saturated carbocycles. The molecule has 2 nitrogen and oxygen atoms in total. The Balaban J connectivity index is 1.99. The van der Waals surface area contributed by atoms with E-state index in [0.29, 0.717) is 6.54 Å². The molecule has 0 fully saturated rings. The zero-order valence-electron chi connectivity index (χ0n) is 8.45. The molecule has 2 rings (SSSR count). The Labute approximate surface area is 102 Å². The predicted molar refractivity (Wildman–Crippen MR) is 65.7 cm³/mol. The van der Waals surface area contributed by atoms with Gasteiger partial charge in [0.2, 0.25) is 0 Å². The minimum atomic E-state index is -0.218. The van der Waals surface area contributed by atoms with E-state index in [1.807, 2.05) is 18.2 Å². The first-order valence-corrected chi connectivity index (χ1v) is 5.64. The first-order valence-electron chi connectivity index (χ1n) is 4.85. The van der Waals surface area contributed by atoms with Gasteiger partial charge >= 0.3 is 0 Å². The van der Waals surface area contributed by atoms with Gasteiger partial charge in [0, 0.05) is 6.54 Å². The number of rotatable bonds is 3. The number of pyridine rings is 1. The van der Waals surface area contributed by atoms with Gasteiger partial charge < -0.3 is 5.32 Å². The number of aromatic nitrogens is 1. The summed E-state index contributed by atoms with van der Waals surface area (Å²) in [5, 5.41) is 3.16. The molecule has 0 bridgehead atoms. The number of nitrogens with one attached hydrogen (secondary N) is 1. The Hall–Kier alpha value is -1.42. The minimum Gasteiger partial charge on any atom is -0.366 e. The predicted octanol–water partition coefficient (Wildman–Crippen LogP) is 3.60. The Bertz CT molecular complexity index is 471. The molecule has 1 N–H and O–H groups in total. The number of anilines is 1. The van der Waals surface area contributed by atoms with Crippen LogP contribution in [-0.4, -0.2) is 4.98 Å². The monoisotopic (exact) mass is 280 g/mol. The number of halogens is 2. The van der Waals surface area contributed by atoms with Crippen LogP contribution in [0.25, 0.3) is 0 Å². The van der Waals surface area contributed by atoms with Gasteiger partial charge in [0.25, 0.3) is 0 Å². The molecule has 82 valence electrons. The van der Waals surface area contributed by atoms with Gasteiger partial charge in [0.1, 0.15) is 16.2 Å². The Morgan fingerprint density at radius 1 is 1.12 bits per heavy atom. The summed E-state index contributed by atoms with van der Waals surface area (Å²) in [6.07, 6.45) is 0. The fourth-order valence-electron chi connectivity index (χ4n) is 1.30. The maximum atomic E-state index is 12.7. The van der Waals surface area contributed by atoms with Crippen molar-refractivity contribution in [2.24, 2.45) is 0 Å². The van der Waals surface area contributed by atoms with Crippen LogP contribution in [0, 0.1) is 5.82 Å². The first-order chi connectivity index (χ1) is 7.74. The topological polar surface area (TPSA) is 24.9 Å². The highest BCUT2D eigenvalue weighted by Gasteiger charge is 1.96. The van der Waals surface area contributed by atoms with E-state index in [0.717, 1.165) is 16.0 Å². The lowest BCUT2D eigenvalue weighted by atomic mass is 10.2. The number of hydrogen-bond acceptors (Lipinski definition) is 2. The van der Waals surface area contributed by atoms with Gasteiger partial charge in [0.15, 0.2) is 0 Å². The third-order valence-corrected chi connectivity index (χ3v) is 2.54. The summed E-state index contributed by atoms with van der Waals surface area (Å²) < 4.78 is 13.5. The lowest BCUT2D eigenvalue weighted by Crippen LogP contribution is -2.01. The zero-order chi connectivity index (χ0) is 11.4. The second-order valence-electron chi connectivity index (χ2n) is 3.33. The molecule has 16 heavy (non-hydrogen) atoms. The van der Waals surface area contributed by atoms with Crippen LogP contribution in [0.15, 0.2) is 47.1 Å². The van der Waals surface area contributed by atoms with Gasteiger partial charge in [-0.15, -0.1) is 0 Å². The van der Waals surface area contributed by atoms with E-state index in [4.69, 9.17) is 0 Å². The van der Waals surface area contributed by atoms with Crippen molar-refractivity contribution in [1.29, 1.82) is 0 Å². The molecule has 1 aromatic heterocycles. The van der Waals surface area contributed by atoms with Crippen LogP contribution in [0.3, 0.4) is 0 Å². The van der Waals surface area contributed by atoms with Crippen molar-refractivity contribution in [3.63, 3.8) is 0 Å². The van der Waals surface area contributed by atoms with Crippen molar-refractivity contribution >= 4 is 21.7 Å². The molecule has 1 heterocycles. The fourth-order valence-corrected chi connectivity index (χ4v) is 1.65. The molecule has 1 aromatic carbocycles. The Morgan fingerprint density at radius 2 is 1.88 bits per heavy atom. The maximum absolute atomic E-state index is 12.7. The van der Waals surface area contributed by atoms with E-state index in [1.54, 1.807) is 12.1 Å². The second kappa shape index (κ2) is 5.07. The highest BCUT2D eigenvalue weighted by molar-refractivity contribution is 9.10. The molecule has 0 atom stereocenters. The summed E-state index contributed by atoms with van der Waals surface area (Å²) in [4.78, 5) is 4.24. The highest BCUT2D eigenvalue weighted by atomic mass is 79.9. The van der Waals surface area contributed by atoms with Gasteiger partial charge in [-0.3, -0.25) is 0 Å². The molecule has 0 aliphatic heterocycles. The van der Waals surface area contributed by atoms with Gasteiger partial charge in [-0.05, 0) is 45.8 Å². The molecular formula is C12H10BrFN2. The summed E-state index contributed by atoms with van der Waals surface area (Å²) >= 11 is 3.30. The molecule has 4 heteroatoms. The molecule has 2 aromatic rings. The van der Waals surface area contributed by atoms with Crippen molar-refractivity contribution in [2.45, 2.75) is 6.54 Å². The molecule has 0 aliphatic rings. The number of benzene rings is 1. The number of nitrogens with zero attached hydrogens (tertiary/aromatic N) is 1. The van der Waals surface area contributed by atoms with Crippen LogP contribution >= 0.6 is 15.9 Å². The molecule has 0 radical (unpaired) electrons. The van der Waals surface area contributed by atoms with Crippen molar-refractivity contribution in [3.8, 4) is 0 Å². The Kier molecular flexibility index (Phi) is 3.51. The molecular weight excluding hydrogens is 271 g/mol. The van der Waals surface area contributed by atoms with Gasteiger partial charge in [-0.25, -0.2) is 9.37 Å². The standard InChI is InChI=1S/C12H10BrFN2/c13-11-2-1-3-12(16-11)15-8-9-4-6-10(14)7-5-9/h1-7H,8H2,(H,15,16). The molecule has 0 saturated heterocycles. The van der Waals surface area contributed by atoms with E-state index >= 15 is 0 Å². The van der Waals surface area contributed by atoms with Crippen molar-refractivity contribution in [3.05, 3.63) is 58.4 Å². The normalized spacial score (nSPS) is 10.1. The van der Waals surface area contributed by atoms with Crippen LogP contribution in [0.1, 0.15) is 5.56 Å². The smallest absolute Gasteiger partial charge is 0.127 e. The maximum Gasteiger partial charge on any atom is 0.127 e. The molecule has 0 spiro atoms. The first kappa shape index (κ1) is 11.1. The van der Waals surface area contributed by atoms with Crippen LogP contribution in [0.2, 0.25) is 0 Å². The summed E-state index contributed by atoms with van der Waals surface area (Å²) in [5.74, 6) is 0.572. The van der Waals surface area contributed by atoms with Gasteiger partial charge in [-0.1, -0.05) is 18.2 Å². The van der Waals surface area contributed by atoms with Crippen LogP contribution in [0.4, 0.5) is 10.2 Å².